The molecule has 0 spiro atoms. The van der Waals surface area contributed by atoms with Crippen molar-refractivity contribution in [1.29, 1.82) is 0 Å². The molecule has 0 bridgehead atoms. The van der Waals surface area contributed by atoms with Crippen molar-refractivity contribution < 1.29 is 0 Å². The molecule has 2 rings (SSSR count). The second-order valence-corrected chi connectivity index (χ2v) is 6.03. The van der Waals surface area contributed by atoms with Gasteiger partial charge in [-0.05, 0) is 53.0 Å². The number of nitrogens with one attached hydrogen (secondary N) is 1. The molecule has 20 heavy (non-hydrogen) atoms. The highest BCUT2D eigenvalue weighted by molar-refractivity contribution is 9.10. The molecule has 1 aromatic heterocycles. The molecule has 108 valence electrons. The van der Waals surface area contributed by atoms with E-state index in [9.17, 15) is 0 Å². The molecule has 2 aromatic rings. The van der Waals surface area contributed by atoms with Crippen LogP contribution in [-0.4, -0.2) is 9.78 Å². The Hall–Kier alpha value is -1.000. The lowest BCUT2D eigenvalue weighted by Crippen LogP contribution is -2.09. The van der Waals surface area contributed by atoms with Crippen LogP contribution < -0.4 is 5.32 Å². The summed E-state index contributed by atoms with van der Waals surface area (Å²) in [6.45, 7) is 5.09. The predicted octanol–water partition coefficient (Wildman–Crippen LogP) is 5.27. The van der Waals surface area contributed by atoms with Crippen molar-refractivity contribution >= 4 is 33.2 Å². The standard InChI is InChI=1S/C15H19BrClN3/c1-3-13(4-2)20-8-7-12(19-20)10-18-15-6-5-11(17)9-14(15)16/h5-9,13,18H,3-4,10H2,1-2H3. The van der Waals surface area contributed by atoms with Gasteiger partial charge in [0.25, 0.3) is 0 Å². The minimum absolute atomic E-state index is 0.492. The monoisotopic (exact) mass is 355 g/mol. The van der Waals surface area contributed by atoms with E-state index in [0.29, 0.717) is 12.6 Å². The van der Waals surface area contributed by atoms with Gasteiger partial charge in [0.15, 0.2) is 0 Å². The van der Waals surface area contributed by atoms with Crippen LogP contribution in [0.2, 0.25) is 5.02 Å². The first-order valence-electron chi connectivity index (χ1n) is 6.87. The number of aromatic nitrogens is 2. The Labute approximate surface area is 133 Å². The number of hydrogen-bond acceptors (Lipinski definition) is 2. The average Bonchev–Trinajstić information content (AvgIpc) is 2.88. The molecule has 5 heteroatoms. The number of anilines is 1. The Bertz CT molecular complexity index is 564. The van der Waals surface area contributed by atoms with Crippen LogP contribution in [0.1, 0.15) is 38.4 Å². The Kier molecular flexibility index (Phi) is 5.49. The van der Waals surface area contributed by atoms with E-state index in [1.54, 1.807) is 0 Å². The molecule has 0 amide bonds. The van der Waals surface area contributed by atoms with Crippen LogP contribution in [0.15, 0.2) is 34.9 Å². The summed E-state index contributed by atoms with van der Waals surface area (Å²) in [5, 5.41) is 8.71. The van der Waals surface area contributed by atoms with Crippen molar-refractivity contribution in [3.8, 4) is 0 Å². The Morgan fingerprint density at radius 1 is 1.30 bits per heavy atom. The molecule has 3 nitrogen and oxygen atoms in total. The first-order valence-corrected chi connectivity index (χ1v) is 8.04. The topological polar surface area (TPSA) is 29.9 Å². The van der Waals surface area contributed by atoms with E-state index in [2.05, 4.69) is 57.1 Å². The maximum absolute atomic E-state index is 5.93. The van der Waals surface area contributed by atoms with Crippen molar-refractivity contribution in [1.82, 2.24) is 9.78 Å². The number of benzene rings is 1. The van der Waals surface area contributed by atoms with Crippen LogP contribution in [0, 0.1) is 0 Å². The summed E-state index contributed by atoms with van der Waals surface area (Å²) in [7, 11) is 0. The third kappa shape index (κ3) is 3.76. The van der Waals surface area contributed by atoms with Crippen molar-refractivity contribution in [3.63, 3.8) is 0 Å². The zero-order valence-electron chi connectivity index (χ0n) is 11.7. The predicted molar refractivity (Wildman–Crippen MR) is 88.3 cm³/mol. The summed E-state index contributed by atoms with van der Waals surface area (Å²) < 4.78 is 3.03. The summed E-state index contributed by atoms with van der Waals surface area (Å²) in [6.07, 6.45) is 4.27. The number of hydrogen-bond donors (Lipinski definition) is 1. The fraction of sp³-hybridized carbons (Fsp3) is 0.400. The molecule has 0 unspecified atom stereocenters. The normalized spacial score (nSPS) is 11.1. The molecule has 0 radical (unpaired) electrons. The highest BCUT2D eigenvalue weighted by atomic mass is 79.9. The van der Waals surface area contributed by atoms with Gasteiger partial charge in [0.1, 0.15) is 0 Å². The van der Waals surface area contributed by atoms with Gasteiger partial charge in [-0.15, -0.1) is 0 Å². The van der Waals surface area contributed by atoms with Gasteiger partial charge in [-0.3, -0.25) is 4.68 Å². The zero-order chi connectivity index (χ0) is 14.5. The van der Waals surface area contributed by atoms with E-state index in [1.165, 1.54) is 0 Å². The van der Waals surface area contributed by atoms with Crippen LogP contribution >= 0.6 is 27.5 Å². The van der Waals surface area contributed by atoms with Crippen molar-refractivity contribution in [2.24, 2.45) is 0 Å². The van der Waals surface area contributed by atoms with Gasteiger partial charge in [0.05, 0.1) is 18.3 Å². The highest BCUT2D eigenvalue weighted by Crippen LogP contribution is 2.26. The van der Waals surface area contributed by atoms with E-state index < -0.39 is 0 Å². The quantitative estimate of drug-likeness (QED) is 0.764. The summed E-state index contributed by atoms with van der Waals surface area (Å²) >= 11 is 9.43. The smallest absolute Gasteiger partial charge is 0.0815 e. The van der Waals surface area contributed by atoms with Crippen LogP contribution in [0.4, 0.5) is 5.69 Å². The Morgan fingerprint density at radius 2 is 2.05 bits per heavy atom. The van der Waals surface area contributed by atoms with Gasteiger partial charge in [0.2, 0.25) is 0 Å². The summed E-state index contributed by atoms with van der Waals surface area (Å²) in [4.78, 5) is 0. The van der Waals surface area contributed by atoms with E-state index >= 15 is 0 Å². The lowest BCUT2D eigenvalue weighted by atomic mass is 10.2. The van der Waals surface area contributed by atoms with E-state index in [-0.39, 0.29) is 0 Å². The molecule has 0 saturated carbocycles. The molecular weight excluding hydrogens is 338 g/mol. The van der Waals surface area contributed by atoms with Gasteiger partial charge in [-0.2, -0.15) is 5.10 Å². The van der Waals surface area contributed by atoms with Gasteiger partial charge in [0, 0.05) is 21.4 Å². The summed E-state index contributed by atoms with van der Waals surface area (Å²) in [6, 6.07) is 8.27. The van der Waals surface area contributed by atoms with Crippen molar-refractivity contribution in [3.05, 3.63) is 45.7 Å². The van der Waals surface area contributed by atoms with Crippen LogP contribution in [0.25, 0.3) is 0 Å². The first kappa shape index (κ1) is 15.4. The maximum Gasteiger partial charge on any atom is 0.0815 e. The molecule has 1 N–H and O–H groups in total. The van der Waals surface area contributed by atoms with Gasteiger partial charge in [-0.25, -0.2) is 0 Å². The Balaban J connectivity index is 2.00. The summed E-state index contributed by atoms with van der Waals surface area (Å²) in [5.41, 5.74) is 2.06. The number of halogens is 2. The molecule has 0 aliphatic rings. The fourth-order valence-corrected chi connectivity index (χ4v) is 2.98. The third-order valence-electron chi connectivity index (χ3n) is 3.37. The van der Waals surface area contributed by atoms with Gasteiger partial charge in [-0.1, -0.05) is 25.4 Å². The lowest BCUT2D eigenvalue weighted by molar-refractivity contribution is 0.426. The SMILES string of the molecule is CCC(CC)n1ccc(CNc2ccc(Cl)cc2Br)n1. The molecule has 0 atom stereocenters. The van der Waals surface area contributed by atoms with E-state index in [0.717, 1.165) is 33.7 Å². The van der Waals surface area contributed by atoms with Gasteiger partial charge < -0.3 is 5.32 Å². The Morgan fingerprint density at radius 3 is 2.70 bits per heavy atom. The van der Waals surface area contributed by atoms with Gasteiger partial charge >= 0.3 is 0 Å². The fourth-order valence-electron chi connectivity index (χ4n) is 2.16. The van der Waals surface area contributed by atoms with E-state index in [1.807, 2.05) is 18.2 Å². The summed E-state index contributed by atoms with van der Waals surface area (Å²) in [5.74, 6) is 0. The zero-order valence-corrected chi connectivity index (χ0v) is 14.1. The first-order chi connectivity index (χ1) is 9.63. The number of nitrogens with zero attached hydrogens (tertiary/aromatic N) is 2. The molecule has 0 aliphatic heterocycles. The largest absolute Gasteiger partial charge is 0.378 e. The molecule has 1 heterocycles. The lowest BCUT2D eigenvalue weighted by Gasteiger charge is -2.12. The molecule has 0 fully saturated rings. The second-order valence-electron chi connectivity index (χ2n) is 4.74. The van der Waals surface area contributed by atoms with Crippen molar-refractivity contribution in [2.45, 2.75) is 39.3 Å². The van der Waals surface area contributed by atoms with Crippen LogP contribution in [-0.2, 0) is 6.54 Å². The molecule has 0 aliphatic carbocycles. The second kappa shape index (κ2) is 7.14. The third-order valence-corrected chi connectivity index (χ3v) is 4.26. The average molecular weight is 357 g/mol. The molecule has 0 saturated heterocycles. The minimum Gasteiger partial charge on any atom is -0.378 e. The highest BCUT2D eigenvalue weighted by Gasteiger charge is 2.08. The van der Waals surface area contributed by atoms with E-state index in [4.69, 9.17) is 11.6 Å². The van der Waals surface area contributed by atoms with Crippen LogP contribution in [0.3, 0.4) is 0 Å². The minimum atomic E-state index is 0.492. The molecule has 1 aromatic carbocycles. The van der Waals surface area contributed by atoms with Crippen molar-refractivity contribution in [2.75, 3.05) is 5.32 Å². The number of rotatable bonds is 6. The van der Waals surface area contributed by atoms with Crippen LogP contribution in [0.5, 0.6) is 0 Å². The maximum atomic E-state index is 5.93. The molecular formula is C15H19BrClN3.